The first-order valence-electron chi connectivity index (χ1n) is 8.66. The summed E-state index contributed by atoms with van der Waals surface area (Å²) in [5, 5.41) is 0. The molecule has 0 unspecified atom stereocenters. The van der Waals surface area contributed by atoms with Gasteiger partial charge in [0, 0.05) is 31.7 Å². The average Bonchev–Trinajstić information content (AvgIpc) is 2.80. The number of hydrogen-bond donors (Lipinski definition) is 0. The van der Waals surface area contributed by atoms with Crippen molar-refractivity contribution in [1.82, 2.24) is 9.80 Å². The van der Waals surface area contributed by atoms with Gasteiger partial charge >= 0.3 is 6.09 Å². The highest BCUT2D eigenvalue weighted by molar-refractivity contribution is 5.94. The van der Waals surface area contributed by atoms with E-state index >= 15 is 0 Å². The van der Waals surface area contributed by atoms with Crippen LogP contribution in [0.2, 0.25) is 0 Å². The molecule has 0 N–H and O–H groups in total. The second-order valence-electron chi connectivity index (χ2n) is 6.90. The maximum Gasteiger partial charge on any atom is 0.409 e. The maximum absolute atomic E-state index is 12.7. The molecular weight excluding hydrogens is 304 g/mol. The number of ether oxygens (including phenoxy) is 1. The van der Waals surface area contributed by atoms with Crippen LogP contribution in [-0.2, 0) is 4.74 Å². The van der Waals surface area contributed by atoms with Crippen molar-refractivity contribution in [2.75, 3.05) is 32.8 Å². The molecule has 5 heteroatoms. The highest BCUT2D eigenvalue weighted by Gasteiger charge is 2.23. The molecule has 5 nitrogen and oxygen atoms in total. The number of nitrogens with zero attached hydrogens (tertiary/aromatic N) is 2. The Morgan fingerprint density at radius 2 is 1.71 bits per heavy atom. The van der Waals surface area contributed by atoms with Crippen LogP contribution < -0.4 is 0 Å². The third kappa shape index (κ3) is 4.73. The molecule has 0 spiro atoms. The fourth-order valence-electron chi connectivity index (χ4n) is 2.69. The summed E-state index contributed by atoms with van der Waals surface area (Å²) in [5.41, 5.74) is 3.02. The number of rotatable bonds is 3. The zero-order chi connectivity index (χ0) is 17.7. The predicted octanol–water partition coefficient (Wildman–Crippen LogP) is 3.24. The first kappa shape index (κ1) is 18.3. The van der Waals surface area contributed by atoms with Gasteiger partial charge in [0.15, 0.2) is 0 Å². The van der Waals surface area contributed by atoms with Gasteiger partial charge in [-0.3, -0.25) is 4.79 Å². The van der Waals surface area contributed by atoms with E-state index in [1.54, 1.807) is 4.90 Å². The van der Waals surface area contributed by atoms with E-state index < -0.39 is 0 Å². The van der Waals surface area contributed by atoms with Crippen molar-refractivity contribution in [2.24, 2.45) is 5.92 Å². The van der Waals surface area contributed by atoms with E-state index in [1.807, 2.05) is 50.8 Å². The Balaban J connectivity index is 1.95. The van der Waals surface area contributed by atoms with E-state index in [9.17, 15) is 9.59 Å². The summed E-state index contributed by atoms with van der Waals surface area (Å²) in [4.78, 5) is 28.3. The van der Waals surface area contributed by atoms with Crippen molar-refractivity contribution < 1.29 is 14.3 Å². The number of amides is 2. The fourth-order valence-corrected chi connectivity index (χ4v) is 2.69. The molecule has 1 aliphatic rings. The summed E-state index contributed by atoms with van der Waals surface area (Å²) in [5.74, 6) is 0.360. The topological polar surface area (TPSA) is 49.9 Å². The molecule has 0 saturated carbocycles. The molecule has 2 rings (SSSR count). The summed E-state index contributed by atoms with van der Waals surface area (Å²) in [6.45, 7) is 10.9. The molecule has 0 aromatic heterocycles. The third-order valence-corrected chi connectivity index (χ3v) is 4.34. The van der Waals surface area contributed by atoms with Crippen LogP contribution in [0.4, 0.5) is 4.79 Å². The zero-order valence-corrected chi connectivity index (χ0v) is 15.2. The largest absolute Gasteiger partial charge is 0.449 e. The van der Waals surface area contributed by atoms with Crippen LogP contribution >= 0.6 is 0 Å². The lowest BCUT2D eigenvalue weighted by Crippen LogP contribution is -2.38. The van der Waals surface area contributed by atoms with Crippen molar-refractivity contribution in [3.05, 3.63) is 34.9 Å². The van der Waals surface area contributed by atoms with Gasteiger partial charge in [0.05, 0.1) is 6.61 Å². The molecule has 2 amide bonds. The molecule has 132 valence electrons. The second-order valence-corrected chi connectivity index (χ2v) is 6.90. The Bertz CT molecular complexity index is 598. The van der Waals surface area contributed by atoms with Gasteiger partial charge in [-0.15, -0.1) is 0 Å². The molecule has 0 bridgehead atoms. The molecular formula is C19H28N2O3. The van der Waals surface area contributed by atoms with E-state index in [1.165, 1.54) is 5.56 Å². The zero-order valence-electron chi connectivity index (χ0n) is 15.2. The Hall–Kier alpha value is -2.04. The molecule has 1 saturated heterocycles. The first-order chi connectivity index (χ1) is 11.4. The quantitative estimate of drug-likeness (QED) is 0.854. The number of carbonyl (C=O) groups excluding carboxylic acids is 2. The van der Waals surface area contributed by atoms with Gasteiger partial charge in [-0.2, -0.15) is 0 Å². The SMILES string of the molecule is Cc1ccc(C(=O)N2CCCN(C(=O)OCC(C)C)CC2)cc1C. The van der Waals surface area contributed by atoms with E-state index in [0.29, 0.717) is 44.3 Å². The molecule has 1 aromatic rings. The van der Waals surface area contributed by atoms with Crippen LogP contribution in [-0.4, -0.2) is 54.6 Å². The summed E-state index contributed by atoms with van der Waals surface area (Å²) < 4.78 is 5.29. The van der Waals surface area contributed by atoms with Crippen LogP contribution in [0.5, 0.6) is 0 Å². The summed E-state index contributed by atoms with van der Waals surface area (Å²) in [7, 11) is 0. The molecule has 0 atom stereocenters. The summed E-state index contributed by atoms with van der Waals surface area (Å²) in [6.07, 6.45) is 0.497. The Labute approximate surface area is 144 Å². The van der Waals surface area contributed by atoms with E-state index in [4.69, 9.17) is 4.74 Å². The van der Waals surface area contributed by atoms with E-state index in [-0.39, 0.29) is 12.0 Å². The number of benzene rings is 1. The Morgan fingerprint density at radius 3 is 2.38 bits per heavy atom. The molecule has 0 aliphatic carbocycles. The molecule has 1 heterocycles. The van der Waals surface area contributed by atoms with Crippen LogP contribution in [0.3, 0.4) is 0 Å². The van der Waals surface area contributed by atoms with Crippen molar-refractivity contribution in [2.45, 2.75) is 34.1 Å². The second kappa shape index (κ2) is 8.18. The summed E-state index contributed by atoms with van der Waals surface area (Å²) in [6, 6.07) is 5.80. The highest BCUT2D eigenvalue weighted by Crippen LogP contribution is 2.14. The van der Waals surface area contributed by atoms with Crippen LogP contribution in [0.25, 0.3) is 0 Å². The van der Waals surface area contributed by atoms with Crippen molar-refractivity contribution in [3.63, 3.8) is 0 Å². The van der Waals surface area contributed by atoms with Crippen molar-refractivity contribution in [3.8, 4) is 0 Å². The lowest BCUT2D eigenvalue weighted by atomic mass is 10.1. The third-order valence-electron chi connectivity index (χ3n) is 4.34. The molecule has 24 heavy (non-hydrogen) atoms. The maximum atomic E-state index is 12.7. The van der Waals surface area contributed by atoms with Crippen molar-refractivity contribution in [1.29, 1.82) is 0 Å². The van der Waals surface area contributed by atoms with E-state index in [0.717, 1.165) is 12.0 Å². The van der Waals surface area contributed by atoms with Crippen LogP contribution in [0.15, 0.2) is 18.2 Å². The standard InChI is InChI=1S/C19H28N2O3/c1-14(2)13-24-19(23)21-9-5-8-20(10-11-21)18(22)17-7-6-15(3)16(4)12-17/h6-7,12,14H,5,8-11,13H2,1-4H3. The fraction of sp³-hybridized carbons (Fsp3) is 0.579. The predicted molar refractivity (Wildman–Crippen MR) is 94.2 cm³/mol. The molecule has 1 fully saturated rings. The van der Waals surface area contributed by atoms with Gasteiger partial charge in [0.25, 0.3) is 5.91 Å². The number of carbonyl (C=O) groups is 2. The lowest BCUT2D eigenvalue weighted by Gasteiger charge is -2.22. The van der Waals surface area contributed by atoms with Crippen molar-refractivity contribution >= 4 is 12.0 Å². The monoisotopic (exact) mass is 332 g/mol. The Kier molecular flexibility index (Phi) is 6.23. The first-order valence-corrected chi connectivity index (χ1v) is 8.66. The molecule has 0 radical (unpaired) electrons. The van der Waals surface area contributed by atoms with Gasteiger partial charge in [0.1, 0.15) is 0 Å². The average molecular weight is 332 g/mol. The van der Waals surface area contributed by atoms with Gasteiger partial charge in [-0.1, -0.05) is 19.9 Å². The van der Waals surface area contributed by atoms with Gasteiger partial charge in [-0.25, -0.2) is 4.79 Å². The Morgan fingerprint density at radius 1 is 1.04 bits per heavy atom. The summed E-state index contributed by atoms with van der Waals surface area (Å²) >= 11 is 0. The van der Waals surface area contributed by atoms with E-state index in [2.05, 4.69) is 0 Å². The minimum Gasteiger partial charge on any atom is -0.449 e. The van der Waals surface area contributed by atoms with Gasteiger partial charge in [-0.05, 0) is 49.4 Å². The number of aryl methyl sites for hydroxylation is 2. The molecule has 1 aromatic carbocycles. The van der Waals surface area contributed by atoms with Gasteiger partial charge in [0.2, 0.25) is 0 Å². The molecule has 1 aliphatic heterocycles. The van der Waals surface area contributed by atoms with Crippen LogP contribution in [0, 0.1) is 19.8 Å². The minimum atomic E-state index is -0.274. The number of hydrogen-bond acceptors (Lipinski definition) is 3. The van der Waals surface area contributed by atoms with Crippen LogP contribution in [0.1, 0.15) is 41.8 Å². The normalized spacial score (nSPS) is 15.4. The smallest absolute Gasteiger partial charge is 0.409 e. The van der Waals surface area contributed by atoms with Gasteiger partial charge < -0.3 is 14.5 Å². The highest BCUT2D eigenvalue weighted by atomic mass is 16.6. The lowest BCUT2D eigenvalue weighted by molar-refractivity contribution is 0.0746. The minimum absolute atomic E-state index is 0.0375.